The summed E-state index contributed by atoms with van der Waals surface area (Å²) < 4.78 is 25.4. The molecule has 0 aromatic carbocycles. The summed E-state index contributed by atoms with van der Waals surface area (Å²) in [5.41, 5.74) is 0. The highest BCUT2D eigenvalue weighted by Crippen LogP contribution is 2.30. The van der Waals surface area contributed by atoms with Gasteiger partial charge < -0.3 is 5.32 Å². The van der Waals surface area contributed by atoms with Gasteiger partial charge in [-0.1, -0.05) is 26.7 Å². The molecule has 1 saturated heterocycles. The van der Waals surface area contributed by atoms with Gasteiger partial charge in [0, 0.05) is 25.2 Å². The molecule has 2 rings (SSSR count). The molecule has 2 atom stereocenters. The summed E-state index contributed by atoms with van der Waals surface area (Å²) in [6.07, 6.45) is 7.22. The molecule has 1 N–H and O–H groups in total. The Morgan fingerprint density at radius 3 is 2.33 bits per heavy atom. The molecule has 2 fully saturated rings. The van der Waals surface area contributed by atoms with Gasteiger partial charge in [0.2, 0.25) is 10.0 Å². The quantitative estimate of drug-likeness (QED) is 0.848. The van der Waals surface area contributed by atoms with Gasteiger partial charge in [0.1, 0.15) is 0 Å². The molecule has 0 aromatic rings. The molecule has 2 unspecified atom stereocenters. The minimum absolute atomic E-state index is 0.226. The lowest BCUT2D eigenvalue weighted by molar-refractivity contribution is 0.199. The van der Waals surface area contributed by atoms with E-state index in [0.717, 1.165) is 24.7 Å². The zero-order chi connectivity index (χ0) is 15.5. The molecular weight excluding hydrogens is 284 g/mol. The Bertz CT molecular complexity index is 414. The molecule has 4 nitrogen and oxygen atoms in total. The predicted octanol–water partition coefficient (Wildman–Crippen LogP) is 2.60. The summed E-state index contributed by atoms with van der Waals surface area (Å²) in [7, 11) is -2.99. The first-order chi connectivity index (χ1) is 9.92. The van der Waals surface area contributed by atoms with E-state index in [-0.39, 0.29) is 5.75 Å². The predicted molar refractivity (Wildman–Crippen MR) is 87.8 cm³/mol. The Morgan fingerprint density at radius 2 is 1.76 bits per heavy atom. The lowest BCUT2D eigenvalue weighted by Crippen LogP contribution is -2.49. The third-order valence-corrected chi connectivity index (χ3v) is 7.22. The SMILES string of the molecule is CCS(=O)(=O)N1CCC(NC2CCCC(C(C)C)C2)CC1. The highest BCUT2D eigenvalue weighted by molar-refractivity contribution is 7.89. The zero-order valence-electron chi connectivity index (χ0n) is 13.8. The molecule has 124 valence electrons. The number of piperidine rings is 1. The maximum atomic E-state index is 11.9. The second-order valence-corrected chi connectivity index (χ2v) is 9.37. The molecule has 21 heavy (non-hydrogen) atoms. The summed E-state index contributed by atoms with van der Waals surface area (Å²) in [5, 5.41) is 3.81. The summed E-state index contributed by atoms with van der Waals surface area (Å²) in [4.78, 5) is 0. The van der Waals surface area contributed by atoms with E-state index < -0.39 is 10.0 Å². The Balaban J connectivity index is 1.78. The topological polar surface area (TPSA) is 49.4 Å². The minimum atomic E-state index is -2.99. The maximum absolute atomic E-state index is 11.9. The van der Waals surface area contributed by atoms with Gasteiger partial charge in [0.15, 0.2) is 0 Å². The average Bonchev–Trinajstić information content (AvgIpc) is 2.48. The van der Waals surface area contributed by atoms with Gasteiger partial charge in [-0.3, -0.25) is 0 Å². The van der Waals surface area contributed by atoms with E-state index in [1.165, 1.54) is 25.7 Å². The third kappa shape index (κ3) is 4.67. The van der Waals surface area contributed by atoms with Crippen molar-refractivity contribution in [3.63, 3.8) is 0 Å². The Kier molecular flexibility index (Phi) is 6.09. The zero-order valence-corrected chi connectivity index (χ0v) is 14.7. The number of hydrogen-bond donors (Lipinski definition) is 1. The Hall–Kier alpha value is -0.130. The Labute approximate surface area is 130 Å². The van der Waals surface area contributed by atoms with E-state index >= 15 is 0 Å². The van der Waals surface area contributed by atoms with E-state index in [2.05, 4.69) is 19.2 Å². The second kappa shape index (κ2) is 7.42. The van der Waals surface area contributed by atoms with E-state index in [9.17, 15) is 8.42 Å². The van der Waals surface area contributed by atoms with Crippen LogP contribution in [0.5, 0.6) is 0 Å². The first kappa shape index (κ1) is 17.2. The fourth-order valence-electron chi connectivity index (χ4n) is 3.80. The highest BCUT2D eigenvalue weighted by atomic mass is 32.2. The van der Waals surface area contributed by atoms with Crippen LogP contribution in [0.1, 0.15) is 59.3 Å². The third-order valence-electron chi connectivity index (χ3n) is 5.34. The molecule has 1 aliphatic heterocycles. The number of hydrogen-bond acceptors (Lipinski definition) is 3. The Morgan fingerprint density at radius 1 is 1.10 bits per heavy atom. The highest BCUT2D eigenvalue weighted by Gasteiger charge is 2.30. The largest absolute Gasteiger partial charge is 0.311 e. The molecule has 0 spiro atoms. The van der Waals surface area contributed by atoms with Crippen molar-refractivity contribution in [2.24, 2.45) is 11.8 Å². The average molecular weight is 317 g/mol. The number of rotatable bonds is 5. The van der Waals surface area contributed by atoms with E-state index in [1.54, 1.807) is 11.2 Å². The van der Waals surface area contributed by atoms with Crippen LogP contribution in [-0.2, 0) is 10.0 Å². The normalized spacial score (nSPS) is 29.9. The number of nitrogens with one attached hydrogen (secondary N) is 1. The van der Waals surface area contributed by atoms with Gasteiger partial charge in [-0.25, -0.2) is 12.7 Å². The van der Waals surface area contributed by atoms with Gasteiger partial charge in [0.05, 0.1) is 5.75 Å². The van der Waals surface area contributed by atoms with Crippen molar-refractivity contribution in [3.05, 3.63) is 0 Å². The summed E-state index contributed by atoms with van der Waals surface area (Å²) in [5.74, 6) is 1.87. The molecule has 5 heteroatoms. The molecule has 1 heterocycles. The molecule has 0 radical (unpaired) electrons. The monoisotopic (exact) mass is 316 g/mol. The molecule has 0 bridgehead atoms. The first-order valence-electron chi connectivity index (χ1n) is 8.66. The van der Waals surface area contributed by atoms with Crippen molar-refractivity contribution in [1.29, 1.82) is 0 Å². The molecule has 1 saturated carbocycles. The van der Waals surface area contributed by atoms with Gasteiger partial charge in [-0.2, -0.15) is 0 Å². The fraction of sp³-hybridized carbons (Fsp3) is 1.00. The molecule has 2 aliphatic rings. The van der Waals surface area contributed by atoms with E-state index in [1.807, 2.05) is 0 Å². The van der Waals surface area contributed by atoms with Crippen LogP contribution in [0.25, 0.3) is 0 Å². The maximum Gasteiger partial charge on any atom is 0.213 e. The molecule has 1 aliphatic carbocycles. The van der Waals surface area contributed by atoms with Gasteiger partial charge in [-0.05, 0) is 44.4 Å². The van der Waals surface area contributed by atoms with Crippen molar-refractivity contribution in [1.82, 2.24) is 9.62 Å². The minimum Gasteiger partial charge on any atom is -0.311 e. The smallest absolute Gasteiger partial charge is 0.213 e. The van der Waals surface area contributed by atoms with Crippen LogP contribution in [0.15, 0.2) is 0 Å². The standard InChI is InChI=1S/C16H32N2O2S/c1-4-21(19,20)18-10-8-15(9-11-18)17-16-7-5-6-14(12-16)13(2)3/h13-17H,4-12H2,1-3H3. The first-order valence-corrected chi connectivity index (χ1v) is 10.3. The number of sulfonamides is 1. The van der Waals surface area contributed by atoms with Crippen LogP contribution in [0.2, 0.25) is 0 Å². The van der Waals surface area contributed by atoms with Crippen LogP contribution < -0.4 is 5.32 Å². The van der Waals surface area contributed by atoms with Crippen LogP contribution in [-0.4, -0.2) is 43.6 Å². The van der Waals surface area contributed by atoms with Crippen molar-refractivity contribution in [2.75, 3.05) is 18.8 Å². The van der Waals surface area contributed by atoms with Crippen LogP contribution in [0.4, 0.5) is 0 Å². The van der Waals surface area contributed by atoms with Crippen LogP contribution in [0.3, 0.4) is 0 Å². The van der Waals surface area contributed by atoms with Crippen LogP contribution in [0, 0.1) is 11.8 Å². The van der Waals surface area contributed by atoms with Gasteiger partial charge in [0.25, 0.3) is 0 Å². The van der Waals surface area contributed by atoms with Gasteiger partial charge in [-0.15, -0.1) is 0 Å². The van der Waals surface area contributed by atoms with Crippen molar-refractivity contribution in [3.8, 4) is 0 Å². The van der Waals surface area contributed by atoms with Crippen LogP contribution >= 0.6 is 0 Å². The summed E-state index contributed by atoms with van der Waals surface area (Å²) in [6, 6.07) is 1.15. The second-order valence-electron chi connectivity index (χ2n) is 7.11. The fourth-order valence-corrected chi connectivity index (χ4v) is 4.93. The van der Waals surface area contributed by atoms with E-state index in [0.29, 0.717) is 25.2 Å². The molecule has 0 aromatic heterocycles. The summed E-state index contributed by atoms with van der Waals surface area (Å²) in [6.45, 7) is 7.78. The number of nitrogens with zero attached hydrogens (tertiary/aromatic N) is 1. The van der Waals surface area contributed by atoms with Crippen molar-refractivity contribution in [2.45, 2.75) is 71.4 Å². The van der Waals surface area contributed by atoms with Crippen molar-refractivity contribution >= 4 is 10.0 Å². The summed E-state index contributed by atoms with van der Waals surface area (Å²) >= 11 is 0. The lowest BCUT2D eigenvalue weighted by Gasteiger charge is -2.37. The lowest BCUT2D eigenvalue weighted by atomic mass is 9.79. The van der Waals surface area contributed by atoms with E-state index in [4.69, 9.17) is 0 Å². The molecule has 0 amide bonds. The molecular formula is C16H32N2O2S. The van der Waals surface area contributed by atoms with Gasteiger partial charge >= 0.3 is 0 Å². The van der Waals surface area contributed by atoms with Crippen molar-refractivity contribution < 1.29 is 8.42 Å².